The molecule has 0 unspecified atom stereocenters. The molecule has 2 N–H and O–H groups in total. The van der Waals surface area contributed by atoms with Crippen molar-refractivity contribution in [2.75, 3.05) is 6.54 Å². The molecular weight excluding hydrogens is 124 g/mol. The van der Waals surface area contributed by atoms with E-state index in [1.165, 1.54) is 12.8 Å². The summed E-state index contributed by atoms with van der Waals surface area (Å²) in [5.74, 6) is 0.851. The van der Waals surface area contributed by atoms with Crippen molar-refractivity contribution in [3.8, 4) is 0 Å². The first-order chi connectivity index (χ1) is 4.72. The van der Waals surface area contributed by atoms with E-state index in [0.29, 0.717) is 5.41 Å². The maximum Gasteiger partial charge on any atom is 0.0943 e. The van der Waals surface area contributed by atoms with Crippen molar-refractivity contribution >= 4 is 5.84 Å². The van der Waals surface area contributed by atoms with Crippen LogP contribution in [0.15, 0.2) is 4.99 Å². The monoisotopic (exact) mass is 140 g/mol. The lowest BCUT2D eigenvalue weighted by Gasteiger charge is -2.23. The highest BCUT2D eigenvalue weighted by molar-refractivity contribution is 5.82. The average Bonchev–Trinajstić information content (AvgIpc) is 2.33. The van der Waals surface area contributed by atoms with Crippen LogP contribution in [0.4, 0.5) is 0 Å². The molecule has 2 nitrogen and oxygen atoms in total. The number of aliphatic imine (C=N–C) groups is 1. The molecule has 0 aromatic rings. The third-order valence-electron chi connectivity index (χ3n) is 2.67. The molecule has 0 fully saturated rings. The summed E-state index contributed by atoms with van der Waals surface area (Å²) in [5.41, 5.74) is 6.03. The summed E-state index contributed by atoms with van der Waals surface area (Å²) < 4.78 is 0. The van der Waals surface area contributed by atoms with Crippen molar-refractivity contribution in [1.82, 2.24) is 0 Å². The summed E-state index contributed by atoms with van der Waals surface area (Å²) in [6.45, 7) is 5.39. The summed E-state index contributed by atoms with van der Waals surface area (Å²) in [6.07, 6.45) is 3.42. The fourth-order valence-electron chi connectivity index (χ4n) is 1.49. The SMILES string of the molecule is CCC1(CC)CN=C(N)C1. The molecule has 0 bridgehead atoms. The van der Waals surface area contributed by atoms with Gasteiger partial charge in [-0.25, -0.2) is 0 Å². The number of amidine groups is 1. The van der Waals surface area contributed by atoms with Crippen LogP contribution in [-0.2, 0) is 0 Å². The van der Waals surface area contributed by atoms with E-state index < -0.39 is 0 Å². The van der Waals surface area contributed by atoms with Crippen LogP contribution in [0, 0.1) is 5.41 Å². The first-order valence-electron chi connectivity index (χ1n) is 4.01. The second-order valence-corrected chi connectivity index (χ2v) is 3.19. The molecule has 0 atom stereocenters. The zero-order chi connectivity index (χ0) is 7.61. The molecule has 1 heterocycles. The molecule has 0 aliphatic carbocycles. The van der Waals surface area contributed by atoms with Crippen LogP contribution in [-0.4, -0.2) is 12.4 Å². The lowest BCUT2D eigenvalue weighted by atomic mass is 9.81. The molecule has 2 heteroatoms. The second-order valence-electron chi connectivity index (χ2n) is 3.19. The van der Waals surface area contributed by atoms with Gasteiger partial charge < -0.3 is 5.73 Å². The summed E-state index contributed by atoms with van der Waals surface area (Å²) in [6, 6.07) is 0. The van der Waals surface area contributed by atoms with Gasteiger partial charge >= 0.3 is 0 Å². The smallest absolute Gasteiger partial charge is 0.0943 e. The Morgan fingerprint density at radius 3 is 2.30 bits per heavy atom. The Bertz CT molecular complexity index is 145. The van der Waals surface area contributed by atoms with Gasteiger partial charge in [-0.05, 0) is 18.3 Å². The average molecular weight is 140 g/mol. The zero-order valence-electron chi connectivity index (χ0n) is 6.85. The number of nitrogens with zero attached hydrogens (tertiary/aromatic N) is 1. The molecule has 0 saturated carbocycles. The maximum absolute atomic E-state index is 5.61. The van der Waals surface area contributed by atoms with Crippen molar-refractivity contribution in [1.29, 1.82) is 0 Å². The fraction of sp³-hybridized carbons (Fsp3) is 0.875. The Balaban J connectivity index is 2.57. The quantitative estimate of drug-likeness (QED) is 0.621. The third-order valence-corrected chi connectivity index (χ3v) is 2.67. The van der Waals surface area contributed by atoms with Crippen LogP contribution in [0.25, 0.3) is 0 Å². The molecule has 10 heavy (non-hydrogen) atoms. The van der Waals surface area contributed by atoms with Gasteiger partial charge in [-0.15, -0.1) is 0 Å². The van der Waals surface area contributed by atoms with Crippen LogP contribution >= 0.6 is 0 Å². The molecule has 1 aliphatic heterocycles. The summed E-state index contributed by atoms with van der Waals surface area (Å²) in [7, 11) is 0. The molecule has 1 aliphatic rings. The first kappa shape index (κ1) is 7.58. The Morgan fingerprint density at radius 2 is 2.10 bits per heavy atom. The highest BCUT2D eigenvalue weighted by atomic mass is 14.9. The van der Waals surface area contributed by atoms with Crippen LogP contribution in [0.3, 0.4) is 0 Å². The Morgan fingerprint density at radius 1 is 1.50 bits per heavy atom. The predicted molar refractivity (Wildman–Crippen MR) is 44.1 cm³/mol. The van der Waals surface area contributed by atoms with Crippen LogP contribution in [0.2, 0.25) is 0 Å². The van der Waals surface area contributed by atoms with E-state index in [1.54, 1.807) is 0 Å². The number of hydrogen-bond acceptors (Lipinski definition) is 2. The van der Waals surface area contributed by atoms with Crippen LogP contribution in [0.5, 0.6) is 0 Å². The van der Waals surface area contributed by atoms with Crippen molar-refractivity contribution < 1.29 is 0 Å². The van der Waals surface area contributed by atoms with Gasteiger partial charge in [0.25, 0.3) is 0 Å². The maximum atomic E-state index is 5.61. The number of hydrogen-bond donors (Lipinski definition) is 1. The molecule has 0 saturated heterocycles. The molecule has 1 rings (SSSR count). The van der Waals surface area contributed by atoms with E-state index in [-0.39, 0.29) is 0 Å². The Kier molecular flexibility index (Phi) is 1.97. The molecule has 0 spiro atoms. The van der Waals surface area contributed by atoms with Gasteiger partial charge in [-0.2, -0.15) is 0 Å². The van der Waals surface area contributed by atoms with Gasteiger partial charge in [0, 0.05) is 13.0 Å². The largest absolute Gasteiger partial charge is 0.387 e. The van der Waals surface area contributed by atoms with Crippen LogP contribution < -0.4 is 5.73 Å². The normalized spacial score (nSPS) is 22.8. The Labute approximate surface area is 62.5 Å². The van der Waals surface area contributed by atoms with Gasteiger partial charge in [-0.1, -0.05) is 13.8 Å². The zero-order valence-corrected chi connectivity index (χ0v) is 6.85. The van der Waals surface area contributed by atoms with E-state index in [1.807, 2.05) is 0 Å². The minimum Gasteiger partial charge on any atom is -0.387 e. The van der Waals surface area contributed by atoms with Crippen molar-refractivity contribution in [3.05, 3.63) is 0 Å². The highest BCUT2D eigenvalue weighted by Gasteiger charge is 2.31. The summed E-state index contributed by atoms with van der Waals surface area (Å²) in [4.78, 5) is 4.23. The molecule has 0 aromatic heterocycles. The fourth-order valence-corrected chi connectivity index (χ4v) is 1.49. The first-order valence-corrected chi connectivity index (χ1v) is 4.01. The van der Waals surface area contributed by atoms with E-state index in [0.717, 1.165) is 18.8 Å². The number of rotatable bonds is 2. The van der Waals surface area contributed by atoms with Crippen molar-refractivity contribution in [2.24, 2.45) is 16.1 Å². The lowest BCUT2D eigenvalue weighted by Crippen LogP contribution is -2.22. The summed E-state index contributed by atoms with van der Waals surface area (Å²) in [5, 5.41) is 0. The lowest BCUT2D eigenvalue weighted by molar-refractivity contribution is 0.305. The van der Waals surface area contributed by atoms with E-state index in [2.05, 4.69) is 18.8 Å². The molecular formula is C8H16N2. The number of nitrogens with two attached hydrogens (primary N) is 1. The third kappa shape index (κ3) is 1.15. The topological polar surface area (TPSA) is 38.4 Å². The standard InChI is InChI=1S/C8H16N2/c1-3-8(4-2)5-7(9)10-6-8/h3-6H2,1-2H3,(H2,9,10). The summed E-state index contributed by atoms with van der Waals surface area (Å²) >= 11 is 0. The molecule has 0 radical (unpaired) electrons. The second kappa shape index (κ2) is 2.60. The van der Waals surface area contributed by atoms with Gasteiger partial charge in [0.05, 0.1) is 5.84 Å². The Hall–Kier alpha value is -0.530. The van der Waals surface area contributed by atoms with Gasteiger partial charge in [0.2, 0.25) is 0 Å². The molecule has 0 aromatic carbocycles. The minimum absolute atomic E-state index is 0.421. The van der Waals surface area contributed by atoms with E-state index in [9.17, 15) is 0 Å². The van der Waals surface area contributed by atoms with Gasteiger partial charge in [0.15, 0.2) is 0 Å². The van der Waals surface area contributed by atoms with Gasteiger partial charge in [0.1, 0.15) is 0 Å². The molecule has 58 valence electrons. The predicted octanol–water partition coefficient (Wildman–Crippen LogP) is 1.55. The van der Waals surface area contributed by atoms with E-state index >= 15 is 0 Å². The minimum atomic E-state index is 0.421. The van der Waals surface area contributed by atoms with E-state index in [4.69, 9.17) is 5.73 Å². The molecule has 0 amide bonds. The van der Waals surface area contributed by atoms with Crippen molar-refractivity contribution in [3.63, 3.8) is 0 Å². The highest BCUT2D eigenvalue weighted by Crippen LogP contribution is 2.34. The van der Waals surface area contributed by atoms with Crippen LogP contribution in [0.1, 0.15) is 33.1 Å². The van der Waals surface area contributed by atoms with Crippen molar-refractivity contribution in [2.45, 2.75) is 33.1 Å². The van der Waals surface area contributed by atoms with Gasteiger partial charge in [-0.3, -0.25) is 4.99 Å².